The first kappa shape index (κ1) is 61.6. The van der Waals surface area contributed by atoms with Gasteiger partial charge in [0, 0.05) is 75.9 Å². The van der Waals surface area contributed by atoms with Crippen LogP contribution in [0.3, 0.4) is 0 Å². The Morgan fingerprint density at radius 2 is 0.944 bits per heavy atom. The first-order chi connectivity index (χ1) is 42.2. The van der Waals surface area contributed by atoms with E-state index in [4.69, 9.17) is 0 Å². The molecule has 6 aromatic carbocycles. The zero-order valence-electron chi connectivity index (χ0n) is 48.1. The zero-order valence-corrected chi connectivity index (χ0v) is 57.7. The number of alkyl halides is 6. The van der Waals surface area contributed by atoms with Gasteiger partial charge in [-0.25, -0.2) is 4.90 Å². The molecule has 14 rings (SSSR count). The molecule has 0 N–H and O–H groups in total. The molecule has 6 heterocycles. The molecule has 1 saturated carbocycles. The Labute approximate surface area is 557 Å². The number of nitrogens with zero attached hydrogens (tertiary/aromatic N) is 2. The van der Waals surface area contributed by atoms with Crippen molar-refractivity contribution in [1.29, 1.82) is 0 Å². The largest absolute Gasteiger partial charge is 0.380 e. The Morgan fingerprint density at radius 1 is 0.528 bits per heavy atom. The number of halogens is 10. The van der Waals surface area contributed by atoms with Gasteiger partial charge in [-0.3, -0.25) is 28.9 Å². The van der Waals surface area contributed by atoms with Crippen molar-refractivity contribution in [2.75, 3.05) is 4.90 Å². The minimum absolute atomic E-state index is 0.168. The molecule has 0 spiro atoms. The highest BCUT2D eigenvalue weighted by Gasteiger charge is 2.84. The Kier molecular flexibility index (Phi) is 15.0. The molecule has 89 heavy (non-hydrogen) atoms. The first-order valence-corrected chi connectivity index (χ1v) is 35.7. The number of aryl methyl sites for hydroxylation is 1. The second kappa shape index (κ2) is 21.6. The Bertz CT molecular complexity index is 4560. The second-order valence-corrected chi connectivity index (χ2v) is 32.7. The summed E-state index contributed by atoms with van der Waals surface area (Å²) in [6.07, 6.45) is 12.2. The topological polar surface area (TPSA) is 91.8 Å². The Balaban J connectivity index is 0.784. The average molecular weight is 1540 g/mol. The normalized spacial score (nSPS) is 21.5. The number of carbonyl (C=O) groups is 5. The number of anilines is 1. The maximum Gasteiger partial charge on any atom is 0.380 e. The molecule has 7 nitrogen and oxygen atoms in total. The maximum atomic E-state index is 16.1. The number of fused-ring (bicyclic) bond motifs is 6. The molecule has 456 valence electrons. The quantitative estimate of drug-likeness (QED) is 0.0238. The molecule has 1 fully saturated rings. The van der Waals surface area contributed by atoms with Crippen molar-refractivity contribution in [2.24, 2.45) is 0 Å². The highest BCUT2D eigenvalue weighted by molar-refractivity contribution is 9.11. The number of rotatable bonds is 16. The Morgan fingerprint density at radius 3 is 1.36 bits per heavy atom. The predicted octanol–water partition coefficient (Wildman–Crippen LogP) is 22.1. The van der Waals surface area contributed by atoms with Gasteiger partial charge >= 0.3 is 17.8 Å². The summed E-state index contributed by atoms with van der Waals surface area (Å²) in [7, 11) is 0. The van der Waals surface area contributed by atoms with E-state index in [0.29, 0.717) is 105 Å². The summed E-state index contributed by atoms with van der Waals surface area (Å²) in [5.41, 5.74) is -1.70. The summed E-state index contributed by atoms with van der Waals surface area (Å²) in [5.74, 6) is -18.5. The van der Waals surface area contributed by atoms with E-state index in [9.17, 15) is 4.79 Å². The summed E-state index contributed by atoms with van der Waals surface area (Å²) in [6.45, 7) is 9.44. The van der Waals surface area contributed by atoms with Crippen LogP contribution in [0.25, 0.3) is 52.9 Å². The highest BCUT2D eigenvalue weighted by atomic mass is 79.9. The number of unbranched alkanes of at least 4 members (excludes halogenated alkanes) is 6. The lowest BCUT2D eigenvalue weighted by Gasteiger charge is -2.47. The first-order valence-electron chi connectivity index (χ1n) is 29.3. The lowest BCUT2D eigenvalue weighted by Crippen LogP contribution is -2.48. The van der Waals surface area contributed by atoms with Crippen molar-refractivity contribution in [3.05, 3.63) is 172 Å². The molecule has 0 saturated heterocycles. The molecule has 6 aliphatic rings. The van der Waals surface area contributed by atoms with Crippen LogP contribution in [0.5, 0.6) is 0 Å². The average Bonchev–Trinajstić information content (AvgIpc) is 1.40. The monoisotopic (exact) mass is 1530 g/mol. The van der Waals surface area contributed by atoms with Crippen LogP contribution in [0.4, 0.5) is 32.0 Å². The fourth-order valence-corrected chi connectivity index (χ4v) is 21.8. The number of hydrogen-bond acceptors (Lipinski definition) is 9. The van der Waals surface area contributed by atoms with Gasteiger partial charge in [0.1, 0.15) is 0 Å². The molecular weight excluding hydrogens is 1490 g/mol. The van der Waals surface area contributed by atoms with E-state index in [2.05, 4.69) is 77.6 Å². The minimum atomic E-state index is -5.71. The van der Waals surface area contributed by atoms with Crippen LogP contribution in [0, 0.1) is 6.92 Å². The van der Waals surface area contributed by atoms with E-state index < -0.39 is 56.0 Å². The highest BCUT2D eigenvalue weighted by Crippen LogP contribution is 2.75. The minimum Gasteiger partial charge on any atom is -0.288 e. The summed E-state index contributed by atoms with van der Waals surface area (Å²) >= 11 is 19.8. The Hall–Kier alpha value is -4.87. The lowest BCUT2D eigenvalue weighted by atomic mass is 9.71. The van der Waals surface area contributed by atoms with Gasteiger partial charge in [0.15, 0.2) is 0 Å². The van der Waals surface area contributed by atoms with E-state index in [1.165, 1.54) is 64.4 Å². The third kappa shape index (κ3) is 8.61. The van der Waals surface area contributed by atoms with Crippen LogP contribution in [-0.2, 0) is 0 Å². The molecule has 2 unspecified atom stereocenters. The molecule has 21 heteroatoms. The van der Waals surface area contributed by atoms with Crippen molar-refractivity contribution in [1.82, 2.24) is 4.90 Å². The second-order valence-electron chi connectivity index (χ2n) is 23.9. The fraction of sp³-hybridized carbons (Fsp3) is 0.309. The fourth-order valence-electron chi connectivity index (χ4n) is 14.3. The van der Waals surface area contributed by atoms with E-state index in [1.54, 1.807) is 32.0 Å². The van der Waals surface area contributed by atoms with Gasteiger partial charge in [-0.2, -0.15) is 26.3 Å². The SMILES string of the molecule is CCCCCCC(CCCCCC)N1C(=O)c2c(Br)cc3c4cc(Br)c5c6c(c(Br)cc(c7cc(Br)c(c2c37)C1=O)c64)C(=O)N(c1ccc(C(=O)c2ccc(C3=CC4=C6C(=C7C=C(c8ccc(C)s8)SC7(C)C4(C)S3)C(F)(F)C(F)(F)C6(F)F)s2)cc1)C5=O. The molecule has 2 aliphatic carbocycles. The number of thiophene rings is 2. The molecule has 0 radical (unpaired) electrons. The van der Waals surface area contributed by atoms with Crippen LogP contribution >= 0.6 is 110 Å². The number of carbonyl (C=O) groups excluding carboxylic acids is 5. The third-order valence-corrected chi connectivity index (χ3v) is 27.0. The molecule has 2 atom stereocenters. The van der Waals surface area contributed by atoms with Crippen molar-refractivity contribution in [2.45, 2.75) is 132 Å². The van der Waals surface area contributed by atoms with Crippen molar-refractivity contribution in [3.8, 4) is 0 Å². The van der Waals surface area contributed by atoms with Gasteiger partial charge in [0.25, 0.3) is 23.6 Å². The van der Waals surface area contributed by atoms with E-state index in [-0.39, 0.29) is 56.3 Å². The van der Waals surface area contributed by atoms with Crippen LogP contribution in [0.2, 0.25) is 0 Å². The number of thioether (sulfide) groups is 2. The van der Waals surface area contributed by atoms with E-state index >= 15 is 45.5 Å². The third-order valence-electron chi connectivity index (χ3n) is 18.8. The predicted molar refractivity (Wildman–Crippen MR) is 361 cm³/mol. The van der Waals surface area contributed by atoms with Gasteiger partial charge in [-0.1, -0.05) is 65.2 Å². The molecular formula is C68H50Br4F6N2O5S4. The molecule has 8 aromatic rings. The number of ketones is 1. The number of hydrogen-bond donors (Lipinski definition) is 0. The van der Waals surface area contributed by atoms with E-state index in [0.717, 1.165) is 84.2 Å². The van der Waals surface area contributed by atoms with Crippen molar-refractivity contribution in [3.63, 3.8) is 0 Å². The molecule has 2 aromatic heterocycles. The van der Waals surface area contributed by atoms with Crippen LogP contribution in [0.15, 0.2) is 125 Å². The van der Waals surface area contributed by atoms with Crippen LogP contribution in [-0.4, -0.2) is 67.6 Å². The van der Waals surface area contributed by atoms with Gasteiger partial charge < -0.3 is 0 Å². The van der Waals surface area contributed by atoms with Crippen molar-refractivity contribution < 1.29 is 50.3 Å². The number of allylic oxidation sites excluding steroid dienone is 4. The van der Waals surface area contributed by atoms with Gasteiger partial charge in [0.2, 0.25) is 5.78 Å². The van der Waals surface area contributed by atoms with E-state index in [1.807, 2.05) is 37.3 Å². The molecule has 4 aliphatic heterocycles. The smallest absolute Gasteiger partial charge is 0.288 e. The summed E-state index contributed by atoms with van der Waals surface area (Å²) in [6, 6.07) is 20.0. The number of amides is 4. The standard InChI is InChI=1S/C68H50Br4F6N2O5S4/c1-6-8-10-12-14-32(15-13-11-9-7-2)79-60(82)51-40(69)24-34-36-26-42(71)53-56-50(36)37(35-25-41(70)52(61(79)83)55(51)49(34)35)27-43(72)54(56)63(85)80(62(53)84)33-19-17-31(18-20-33)59(81)46-23-22-45(87-46)48-29-39-58-57(66(73,74)68(77,78)67(58,75)76)38-28-47(44-21-16-30(3)86-44)88-64(38,4)65(39,5)89-48/h16-29,32H,6-15H2,1-5H3. The number of imide groups is 2. The van der Waals surface area contributed by atoms with Crippen LogP contribution < -0.4 is 4.90 Å². The maximum absolute atomic E-state index is 16.1. The van der Waals surface area contributed by atoms with Gasteiger partial charge in [0.05, 0.1) is 42.3 Å². The van der Waals surface area contributed by atoms with Gasteiger partial charge in [-0.05, 0) is 226 Å². The number of benzene rings is 6. The summed E-state index contributed by atoms with van der Waals surface area (Å²) in [4.78, 5) is 80.3. The van der Waals surface area contributed by atoms with Gasteiger partial charge in [-0.15, -0.1) is 46.2 Å². The lowest BCUT2D eigenvalue weighted by molar-refractivity contribution is -0.258. The van der Waals surface area contributed by atoms with Crippen LogP contribution in [0.1, 0.15) is 163 Å². The molecule has 0 bridgehead atoms. The summed E-state index contributed by atoms with van der Waals surface area (Å²) < 4.78 is 94.4. The zero-order chi connectivity index (χ0) is 63.1. The molecule has 4 amide bonds. The van der Waals surface area contributed by atoms with Crippen molar-refractivity contribution >= 4 is 198 Å². The summed E-state index contributed by atoms with van der Waals surface area (Å²) in [5, 5.41) is 5.04.